The maximum absolute atomic E-state index is 13.6. The standard InChI is InChI=1S/2C27H29NO10.ClH/c2*1-10-22(30)14(28)7-17(37-10)38-16-9-27(35,11(2)29)8-13-19(16)26(34)21-20(24(13)32)23(31)12-5-4-6-15(36-3)18(12)25(21)33;/h2*4-6,10,14,16-17,22,30,32,34-35H,7-9,28H2,1-3H3;1H/t10?,14?,16-,17?,22?,27-;10-,14-,16-,17-,22+,27-;/m00./s1. The van der Waals surface area contributed by atoms with Crippen LogP contribution in [0.2, 0.25) is 0 Å². The minimum atomic E-state index is -2.00. The number of carbonyl (C=O) groups excluding carboxylic acids is 6. The number of rotatable bonds is 8. The van der Waals surface area contributed by atoms with E-state index in [0.717, 1.165) is 0 Å². The molecule has 2 heterocycles. The third kappa shape index (κ3) is 9.23. The summed E-state index contributed by atoms with van der Waals surface area (Å²) in [5.41, 5.74) is 5.95. The zero-order valence-electron chi connectivity index (χ0n) is 42.5. The molecule has 10 rings (SSSR count). The first kappa shape index (κ1) is 56.8. The first-order valence-corrected chi connectivity index (χ1v) is 24.5. The van der Waals surface area contributed by atoms with Gasteiger partial charge in [-0.15, -0.1) is 12.4 Å². The molecule has 0 amide bonds. The Morgan fingerprint density at radius 1 is 0.571 bits per heavy atom. The maximum atomic E-state index is 13.6. The Hall–Kier alpha value is -6.41. The summed E-state index contributed by atoms with van der Waals surface area (Å²) in [4.78, 5) is 79.2. The van der Waals surface area contributed by atoms with Gasteiger partial charge in [0.2, 0.25) is 11.6 Å². The van der Waals surface area contributed by atoms with Gasteiger partial charge in [0.15, 0.2) is 35.7 Å². The molecule has 23 heteroatoms. The highest BCUT2D eigenvalue weighted by atomic mass is 35.5. The van der Waals surface area contributed by atoms with Crippen molar-refractivity contribution in [3.63, 3.8) is 0 Å². The predicted molar refractivity (Wildman–Crippen MR) is 268 cm³/mol. The van der Waals surface area contributed by atoms with Crippen LogP contribution in [-0.2, 0) is 41.4 Å². The number of nitrogens with two attached hydrogens (primary N) is 2. The summed E-state index contributed by atoms with van der Waals surface area (Å²) in [5, 5.41) is 88.2. The van der Waals surface area contributed by atoms with E-state index in [0.29, 0.717) is 0 Å². The number of aromatic hydroxyl groups is 4. The lowest BCUT2D eigenvalue weighted by Gasteiger charge is -2.42. The molecular formula is C54H59ClN2O20. The quantitative estimate of drug-likeness (QED) is 0.0979. The first-order chi connectivity index (χ1) is 35.8. The molecule has 4 aromatic carbocycles. The number of ketones is 6. The highest BCUT2D eigenvalue weighted by Crippen LogP contribution is 2.55. The summed E-state index contributed by atoms with van der Waals surface area (Å²) in [6.07, 6.45) is -9.06. The molecule has 0 bridgehead atoms. The van der Waals surface area contributed by atoms with Crippen molar-refractivity contribution in [3.05, 3.63) is 103 Å². The summed E-state index contributed by atoms with van der Waals surface area (Å²) in [6, 6.07) is 7.50. The van der Waals surface area contributed by atoms with Crippen LogP contribution < -0.4 is 20.9 Å². The number of ether oxygens (including phenoxy) is 6. The van der Waals surface area contributed by atoms with Crippen LogP contribution in [0.25, 0.3) is 0 Å². The van der Waals surface area contributed by atoms with E-state index in [9.17, 15) is 69.6 Å². The minimum Gasteiger partial charge on any atom is -0.507 e. The van der Waals surface area contributed by atoms with Gasteiger partial charge in [0.25, 0.3) is 0 Å². The summed E-state index contributed by atoms with van der Waals surface area (Å²) in [5.74, 6) is -6.35. The fraction of sp³-hybridized carbons (Fsp3) is 0.444. The van der Waals surface area contributed by atoms with Gasteiger partial charge in [-0.2, -0.15) is 0 Å². The molecule has 77 heavy (non-hydrogen) atoms. The van der Waals surface area contributed by atoms with Crippen LogP contribution in [0.15, 0.2) is 36.4 Å². The van der Waals surface area contributed by atoms with Gasteiger partial charge < -0.3 is 80.7 Å². The Bertz CT molecular complexity index is 2930. The average molecular weight is 1090 g/mol. The zero-order chi connectivity index (χ0) is 55.4. The van der Waals surface area contributed by atoms with Crippen molar-refractivity contribution in [2.24, 2.45) is 11.5 Å². The van der Waals surface area contributed by atoms with E-state index in [2.05, 4.69) is 0 Å². The van der Waals surface area contributed by atoms with Gasteiger partial charge in [0.05, 0.1) is 84.2 Å². The van der Waals surface area contributed by atoms with Crippen LogP contribution in [0.4, 0.5) is 0 Å². The second-order valence-corrected chi connectivity index (χ2v) is 20.3. The van der Waals surface area contributed by atoms with E-state index in [1.54, 1.807) is 13.8 Å². The van der Waals surface area contributed by atoms with Gasteiger partial charge >= 0.3 is 0 Å². The average Bonchev–Trinajstić information content (AvgIpc) is 3.37. The van der Waals surface area contributed by atoms with Crippen LogP contribution in [0.1, 0.15) is 152 Å². The lowest BCUT2D eigenvalue weighted by molar-refractivity contribution is -0.247. The van der Waals surface area contributed by atoms with Crippen molar-refractivity contribution in [1.29, 1.82) is 0 Å². The second-order valence-electron chi connectivity index (χ2n) is 20.3. The third-order valence-electron chi connectivity index (χ3n) is 15.6. The normalized spacial score (nSPS) is 29.9. The second kappa shape index (κ2) is 20.8. The summed E-state index contributed by atoms with van der Waals surface area (Å²) in [6.45, 7) is 5.57. The number of phenolic OH excluding ortho intramolecular Hbond substituents is 4. The van der Waals surface area contributed by atoms with Crippen molar-refractivity contribution in [2.45, 2.75) is 139 Å². The fourth-order valence-corrected chi connectivity index (χ4v) is 11.3. The topological polar surface area (TPSA) is 372 Å². The number of benzene rings is 4. The molecule has 0 aromatic heterocycles. The van der Waals surface area contributed by atoms with Crippen molar-refractivity contribution < 1.29 is 98.0 Å². The lowest BCUT2D eigenvalue weighted by atomic mass is 9.72. The van der Waals surface area contributed by atoms with E-state index in [-0.39, 0.29) is 94.1 Å². The molecule has 0 radical (unpaired) electrons. The number of aliphatic hydroxyl groups is 4. The SMILES string of the molecule is COc1cccc2c1C(=O)c1c(O)c3c(c(O)c1C2=O)C[C@@](O)(C(C)=O)C[C@@H]3OC1CC(N)C(O)C(C)O1.COc1cccc2c1C(=O)c1c(O)c3c(c(O)c1C2=O)C[C@@](O)(C(C)=O)C[C@@H]3O[C@H]1C[C@H](N)[C@H](O)[C@H](C)O1.Cl. The van der Waals surface area contributed by atoms with Crippen LogP contribution in [-0.4, -0.2) is 150 Å². The molecule has 2 fully saturated rings. The van der Waals surface area contributed by atoms with Crippen molar-refractivity contribution in [3.8, 4) is 34.5 Å². The largest absolute Gasteiger partial charge is 0.507 e. The molecule has 2 saturated heterocycles. The van der Waals surface area contributed by atoms with E-state index >= 15 is 0 Å². The number of Topliss-reactive ketones (excluding diaryl/α,β-unsaturated/α-hetero) is 2. The molecule has 12 atom stereocenters. The summed E-state index contributed by atoms with van der Waals surface area (Å²) < 4.78 is 34.1. The molecule has 12 N–H and O–H groups in total. The van der Waals surface area contributed by atoms with E-state index in [1.807, 2.05) is 0 Å². The van der Waals surface area contributed by atoms with Gasteiger partial charge in [-0.3, -0.25) is 28.8 Å². The predicted octanol–water partition coefficient (Wildman–Crippen LogP) is 2.48. The van der Waals surface area contributed by atoms with Crippen LogP contribution in [0.5, 0.6) is 34.5 Å². The fourth-order valence-electron chi connectivity index (χ4n) is 11.3. The van der Waals surface area contributed by atoms with Crippen molar-refractivity contribution >= 4 is 47.1 Å². The molecule has 4 aromatic rings. The smallest absolute Gasteiger partial charge is 0.202 e. The molecule has 0 saturated carbocycles. The van der Waals surface area contributed by atoms with Crippen LogP contribution >= 0.6 is 12.4 Å². The summed E-state index contributed by atoms with van der Waals surface area (Å²) in [7, 11) is 2.68. The summed E-state index contributed by atoms with van der Waals surface area (Å²) >= 11 is 0. The minimum absolute atomic E-state index is 0. The Morgan fingerprint density at radius 2 is 0.909 bits per heavy atom. The Labute approximate surface area is 445 Å². The Morgan fingerprint density at radius 3 is 1.22 bits per heavy atom. The van der Waals surface area contributed by atoms with Gasteiger partial charge in [-0.1, -0.05) is 24.3 Å². The number of hydrogen-bond donors (Lipinski definition) is 10. The van der Waals surface area contributed by atoms with E-state index in [4.69, 9.17) is 39.9 Å². The third-order valence-corrected chi connectivity index (χ3v) is 15.6. The number of hydrogen-bond acceptors (Lipinski definition) is 22. The van der Waals surface area contributed by atoms with Gasteiger partial charge in [0.1, 0.15) is 45.7 Å². The molecular weight excluding hydrogens is 1030 g/mol. The highest BCUT2D eigenvalue weighted by Gasteiger charge is 2.52. The Kier molecular flexibility index (Phi) is 15.3. The maximum Gasteiger partial charge on any atom is 0.202 e. The molecule has 412 valence electrons. The number of aliphatic hydroxyl groups excluding tert-OH is 2. The molecule has 4 aliphatic carbocycles. The molecule has 4 unspecified atom stereocenters. The van der Waals surface area contributed by atoms with Crippen molar-refractivity contribution in [1.82, 2.24) is 0 Å². The number of halogens is 1. The van der Waals surface area contributed by atoms with Gasteiger partial charge in [-0.25, -0.2) is 0 Å². The number of methoxy groups -OCH3 is 2. The monoisotopic (exact) mass is 1090 g/mol. The molecule has 6 aliphatic rings. The van der Waals surface area contributed by atoms with E-state index < -0.39 is 165 Å². The lowest BCUT2D eigenvalue weighted by Crippen LogP contribution is -2.52. The van der Waals surface area contributed by atoms with Gasteiger partial charge in [0, 0.05) is 84.0 Å². The van der Waals surface area contributed by atoms with Crippen molar-refractivity contribution in [2.75, 3.05) is 14.2 Å². The van der Waals surface area contributed by atoms with Crippen LogP contribution in [0, 0.1) is 0 Å². The van der Waals surface area contributed by atoms with Crippen LogP contribution in [0.3, 0.4) is 0 Å². The molecule has 2 aliphatic heterocycles. The number of fused-ring (bicyclic) bond motifs is 6. The Balaban J connectivity index is 0.000000201. The molecule has 0 spiro atoms. The zero-order valence-corrected chi connectivity index (χ0v) is 43.3. The number of carbonyl (C=O) groups is 6. The first-order valence-electron chi connectivity index (χ1n) is 24.5. The van der Waals surface area contributed by atoms with E-state index in [1.165, 1.54) is 64.5 Å². The highest BCUT2D eigenvalue weighted by molar-refractivity contribution is 6.32. The molecule has 22 nitrogen and oxygen atoms in total. The van der Waals surface area contributed by atoms with Gasteiger partial charge in [-0.05, 0) is 39.8 Å². The number of phenols is 4.